The Morgan fingerprint density at radius 2 is 2.20 bits per heavy atom. The van der Waals surface area contributed by atoms with Crippen molar-refractivity contribution in [2.24, 2.45) is 0 Å². The van der Waals surface area contributed by atoms with E-state index in [0.717, 1.165) is 16.3 Å². The summed E-state index contributed by atoms with van der Waals surface area (Å²) < 4.78 is 5.29. The topological polar surface area (TPSA) is 58.6 Å². The third kappa shape index (κ3) is 2.85. The number of esters is 1. The molecule has 1 amide bonds. The van der Waals surface area contributed by atoms with E-state index in [1.54, 1.807) is 24.9 Å². The lowest BCUT2D eigenvalue weighted by molar-refractivity contribution is -0.142. The summed E-state index contributed by atoms with van der Waals surface area (Å²) in [6.45, 7) is 5.75. The molecule has 2 aliphatic heterocycles. The number of thioether (sulfide) groups is 1. The monoisotopic (exact) mass is 296 g/mol. The van der Waals surface area contributed by atoms with Gasteiger partial charge in [-0.3, -0.25) is 4.79 Å². The van der Waals surface area contributed by atoms with E-state index in [2.05, 4.69) is 17.1 Å². The van der Waals surface area contributed by atoms with Crippen LogP contribution in [0.3, 0.4) is 0 Å². The molecule has 1 N–H and O–H groups in total. The highest BCUT2D eigenvalue weighted by molar-refractivity contribution is 8.03. The Hall–Kier alpha value is -1.43. The predicted octanol–water partition coefficient (Wildman–Crippen LogP) is 1.62. The fraction of sp³-hybridized carbons (Fsp3) is 0.571. The molecule has 0 aliphatic carbocycles. The second kappa shape index (κ2) is 5.91. The van der Waals surface area contributed by atoms with Gasteiger partial charge in [0.1, 0.15) is 0 Å². The number of nitrogens with one attached hydrogen (secondary N) is 1. The third-order valence-corrected chi connectivity index (χ3v) is 4.37. The van der Waals surface area contributed by atoms with Gasteiger partial charge in [-0.15, -0.1) is 11.8 Å². The van der Waals surface area contributed by atoms with Crippen LogP contribution in [0.2, 0.25) is 0 Å². The quantitative estimate of drug-likeness (QED) is 0.633. The number of hydrogen-bond donors (Lipinski definition) is 1. The second-order valence-electron chi connectivity index (χ2n) is 5.20. The summed E-state index contributed by atoms with van der Waals surface area (Å²) in [7, 11) is 1.61. The van der Waals surface area contributed by atoms with E-state index >= 15 is 0 Å². The molecule has 0 spiro atoms. The summed E-state index contributed by atoms with van der Waals surface area (Å²) in [5, 5.41) is 3.53. The Bertz CT molecular complexity index is 497. The van der Waals surface area contributed by atoms with Crippen LogP contribution >= 0.6 is 11.8 Å². The fourth-order valence-corrected chi connectivity index (χ4v) is 3.68. The highest BCUT2D eigenvalue weighted by atomic mass is 32.2. The summed E-state index contributed by atoms with van der Waals surface area (Å²) in [5.74, 6) is 0.358. The SMILES string of the molecule is CNC(=O)C=C1CSC2=C(C(=O)OC(C)C)CC(C)N12. The molecule has 0 saturated carbocycles. The van der Waals surface area contributed by atoms with E-state index in [0.29, 0.717) is 12.2 Å². The van der Waals surface area contributed by atoms with Crippen molar-refractivity contribution in [2.75, 3.05) is 12.8 Å². The summed E-state index contributed by atoms with van der Waals surface area (Å²) in [6.07, 6.45) is 2.15. The van der Waals surface area contributed by atoms with Gasteiger partial charge in [0.2, 0.25) is 5.91 Å². The van der Waals surface area contributed by atoms with Gasteiger partial charge < -0.3 is 15.0 Å². The molecular weight excluding hydrogens is 276 g/mol. The van der Waals surface area contributed by atoms with E-state index in [9.17, 15) is 9.59 Å². The number of fused-ring (bicyclic) bond motifs is 1. The number of hydrogen-bond acceptors (Lipinski definition) is 5. The van der Waals surface area contributed by atoms with Crippen LogP contribution in [0, 0.1) is 0 Å². The molecule has 6 heteroatoms. The molecule has 0 bridgehead atoms. The van der Waals surface area contributed by atoms with E-state index in [1.165, 1.54) is 0 Å². The first-order chi connectivity index (χ1) is 9.43. The molecular formula is C14H20N2O3S. The van der Waals surface area contributed by atoms with Crippen molar-refractivity contribution in [3.8, 4) is 0 Å². The van der Waals surface area contributed by atoms with Crippen LogP contribution in [0.1, 0.15) is 27.2 Å². The summed E-state index contributed by atoms with van der Waals surface area (Å²) in [5.41, 5.74) is 1.68. The zero-order chi connectivity index (χ0) is 14.9. The van der Waals surface area contributed by atoms with E-state index < -0.39 is 0 Å². The Labute approximate surface area is 123 Å². The first-order valence-corrected chi connectivity index (χ1v) is 7.71. The molecule has 2 rings (SSSR count). The Kier molecular flexibility index (Phi) is 4.42. The van der Waals surface area contributed by atoms with E-state index in [-0.39, 0.29) is 24.0 Å². The number of carbonyl (C=O) groups is 2. The second-order valence-corrected chi connectivity index (χ2v) is 6.16. The molecule has 0 aromatic rings. The van der Waals surface area contributed by atoms with Crippen LogP contribution in [0.5, 0.6) is 0 Å². The summed E-state index contributed by atoms with van der Waals surface area (Å²) in [4.78, 5) is 25.7. The van der Waals surface area contributed by atoms with Crippen LogP contribution in [0.15, 0.2) is 22.4 Å². The molecule has 1 fully saturated rings. The molecule has 110 valence electrons. The van der Waals surface area contributed by atoms with Crippen LogP contribution in [-0.4, -0.2) is 41.7 Å². The molecule has 2 aliphatic rings. The molecule has 2 heterocycles. The number of likely N-dealkylation sites (N-methyl/N-ethyl adjacent to an activating group) is 1. The lowest BCUT2D eigenvalue weighted by atomic mass is 10.1. The van der Waals surface area contributed by atoms with E-state index in [4.69, 9.17) is 4.74 Å². The largest absolute Gasteiger partial charge is 0.460 e. The maximum absolute atomic E-state index is 12.1. The number of nitrogens with zero attached hydrogens (tertiary/aromatic N) is 1. The molecule has 0 radical (unpaired) electrons. The average molecular weight is 296 g/mol. The van der Waals surface area contributed by atoms with Gasteiger partial charge in [0.05, 0.1) is 16.7 Å². The zero-order valence-electron chi connectivity index (χ0n) is 12.2. The van der Waals surface area contributed by atoms with Gasteiger partial charge in [0, 0.05) is 37.0 Å². The summed E-state index contributed by atoms with van der Waals surface area (Å²) >= 11 is 1.60. The van der Waals surface area contributed by atoms with Gasteiger partial charge in [-0.25, -0.2) is 4.79 Å². The lowest BCUT2D eigenvalue weighted by Crippen LogP contribution is -2.25. The maximum atomic E-state index is 12.1. The smallest absolute Gasteiger partial charge is 0.337 e. The predicted molar refractivity (Wildman–Crippen MR) is 78.8 cm³/mol. The molecule has 1 unspecified atom stereocenters. The number of carbonyl (C=O) groups excluding carboxylic acids is 2. The van der Waals surface area contributed by atoms with Crippen molar-refractivity contribution in [3.05, 3.63) is 22.4 Å². The van der Waals surface area contributed by atoms with Gasteiger partial charge in [-0.1, -0.05) is 0 Å². The minimum absolute atomic E-state index is 0.118. The third-order valence-electron chi connectivity index (χ3n) is 3.22. The van der Waals surface area contributed by atoms with Crippen LogP contribution in [-0.2, 0) is 14.3 Å². The van der Waals surface area contributed by atoms with Gasteiger partial charge in [-0.05, 0) is 20.8 Å². The highest BCUT2D eigenvalue weighted by Crippen LogP contribution is 2.45. The Balaban J connectivity index is 2.24. The van der Waals surface area contributed by atoms with Crippen LogP contribution in [0.25, 0.3) is 0 Å². The molecule has 0 aromatic heterocycles. The zero-order valence-corrected chi connectivity index (χ0v) is 13.0. The fourth-order valence-electron chi connectivity index (χ4n) is 2.39. The Morgan fingerprint density at radius 1 is 1.50 bits per heavy atom. The van der Waals surface area contributed by atoms with E-state index in [1.807, 2.05) is 13.8 Å². The number of rotatable bonds is 3. The van der Waals surface area contributed by atoms with Crippen molar-refractivity contribution in [1.29, 1.82) is 0 Å². The number of amides is 1. The van der Waals surface area contributed by atoms with Crippen LogP contribution in [0.4, 0.5) is 0 Å². The molecule has 1 atom stereocenters. The normalized spacial score (nSPS) is 23.6. The van der Waals surface area contributed by atoms with Crippen LogP contribution < -0.4 is 5.32 Å². The Morgan fingerprint density at radius 3 is 2.80 bits per heavy atom. The van der Waals surface area contributed by atoms with Crippen molar-refractivity contribution in [1.82, 2.24) is 10.2 Å². The summed E-state index contributed by atoms with van der Waals surface area (Å²) in [6, 6.07) is 0.186. The van der Waals surface area contributed by atoms with Gasteiger partial charge in [0.25, 0.3) is 0 Å². The average Bonchev–Trinajstić information content (AvgIpc) is 2.91. The first kappa shape index (κ1) is 15.0. The minimum Gasteiger partial charge on any atom is -0.460 e. The first-order valence-electron chi connectivity index (χ1n) is 6.72. The van der Waals surface area contributed by atoms with Crippen molar-refractivity contribution in [3.63, 3.8) is 0 Å². The maximum Gasteiger partial charge on any atom is 0.337 e. The molecule has 20 heavy (non-hydrogen) atoms. The standard InChI is InChI=1S/C14H20N2O3S/c1-8(2)19-14(18)11-5-9(3)16-10(6-12(17)15-4)7-20-13(11)16/h6,8-9H,5,7H2,1-4H3,(H,15,17). The van der Waals surface area contributed by atoms with Crippen molar-refractivity contribution in [2.45, 2.75) is 39.3 Å². The molecule has 1 saturated heterocycles. The minimum atomic E-state index is -0.238. The molecule has 5 nitrogen and oxygen atoms in total. The van der Waals surface area contributed by atoms with Gasteiger partial charge >= 0.3 is 5.97 Å². The van der Waals surface area contributed by atoms with Gasteiger partial charge in [-0.2, -0.15) is 0 Å². The molecule has 0 aromatic carbocycles. The van der Waals surface area contributed by atoms with Crippen molar-refractivity contribution >= 4 is 23.6 Å². The van der Waals surface area contributed by atoms with Gasteiger partial charge in [0.15, 0.2) is 0 Å². The number of ether oxygens (including phenoxy) is 1. The van der Waals surface area contributed by atoms with Crippen molar-refractivity contribution < 1.29 is 14.3 Å². The lowest BCUT2D eigenvalue weighted by Gasteiger charge is -2.21. The highest BCUT2D eigenvalue weighted by Gasteiger charge is 2.39.